The van der Waals surface area contributed by atoms with Gasteiger partial charge in [0.05, 0.1) is 17.7 Å². The van der Waals surface area contributed by atoms with Gasteiger partial charge < -0.3 is 19.1 Å². The van der Waals surface area contributed by atoms with Gasteiger partial charge in [0.25, 0.3) is 15.9 Å². The Hall–Kier alpha value is -2.94. The standard InChI is InChI=1S/C22H26N2O6S/c1-3-24(16-6-8-17(28-2)9-7-16)31(26,27)18-10-11-19-20(14-18)29-15-21(30-19)22(25)23-12-4-5-13-23/h6-11,14,21H,3-5,12-13,15H2,1-2H3/t21-/m1/s1. The molecular formula is C22H26N2O6S. The first-order chi connectivity index (χ1) is 14.9. The zero-order chi connectivity index (χ0) is 22.0. The van der Waals surface area contributed by atoms with Gasteiger partial charge in [-0.2, -0.15) is 0 Å². The smallest absolute Gasteiger partial charge is 0.267 e. The van der Waals surface area contributed by atoms with Gasteiger partial charge in [-0.1, -0.05) is 0 Å². The molecule has 0 N–H and O–H groups in total. The van der Waals surface area contributed by atoms with E-state index in [9.17, 15) is 13.2 Å². The van der Waals surface area contributed by atoms with Gasteiger partial charge in [0.2, 0.25) is 6.10 Å². The number of nitrogens with zero attached hydrogens (tertiary/aromatic N) is 2. The van der Waals surface area contributed by atoms with E-state index in [1.807, 2.05) is 0 Å². The number of benzene rings is 2. The highest BCUT2D eigenvalue weighted by Crippen LogP contribution is 2.36. The van der Waals surface area contributed by atoms with Crippen molar-refractivity contribution in [1.82, 2.24) is 4.90 Å². The van der Waals surface area contributed by atoms with E-state index in [1.165, 1.54) is 16.4 Å². The van der Waals surface area contributed by atoms with Crippen LogP contribution in [0.3, 0.4) is 0 Å². The van der Waals surface area contributed by atoms with Gasteiger partial charge in [-0.25, -0.2) is 8.42 Å². The molecule has 31 heavy (non-hydrogen) atoms. The fourth-order valence-corrected chi connectivity index (χ4v) is 5.33. The Morgan fingerprint density at radius 1 is 1.13 bits per heavy atom. The molecule has 1 amide bonds. The van der Waals surface area contributed by atoms with Crippen LogP contribution in [0.1, 0.15) is 19.8 Å². The lowest BCUT2D eigenvalue weighted by atomic mass is 10.2. The molecule has 4 rings (SSSR count). The van der Waals surface area contributed by atoms with Crippen molar-refractivity contribution < 1.29 is 27.4 Å². The first-order valence-electron chi connectivity index (χ1n) is 10.3. The number of ether oxygens (including phenoxy) is 3. The SMILES string of the molecule is CCN(c1ccc(OC)cc1)S(=O)(=O)c1ccc2c(c1)OC[C@H](C(=O)N1CCCC1)O2. The van der Waals surface area contributed by atoms with E-state index in [4.69, 9.17) is 14.2 Å². The zero-order valence-corrected chi connectivity index (χ0v) is 18.4. The molecule has 2 aliphatic rings. The molecule has 2 heterocycles. The maximum atomic E-state index is 13.3. The molecule has 0 aromatic heterocycles. The topological polar surface area (TPSA) is 85.4 Å². The van der Waals surface area contributed by atoms with Gasteiger partial charge in [0.1, 0.15) is 12.4 Å². The molecule has 0 spiro atoms. The third-order valence-corrected chi connectivity index (χ3v) is 7.40. The van der Waals surface area contributed by atoms with E-state index in [-0.39, 0.29) is 24.0 Å². The molecular weight excluding hydrogens is 420 g/mol. The highest BCUT2D eigenvalue weighted by atomic mass is 32.2. The minimum absolute atomic E-state index is 0.0573. The number of anilines is 1. The van der Waals surface area contributed by atoms with Crippen molar-refractivity contribution in [2.24, 2.45) is 0 Å². The molecule has 0 aliphatic carbocycles. The molecule has 0 radical (unpaired) electrons. The maximum absolute atomic E-state index is 13.3. The summed E-state index contributed by atoms with van der Waals surface area (Å²) in [7, 11) is -2.26. The number of amides is 1. The number of rotatable bonds is 6. The van der Waals surface area contributed by atoms with Gasteiger partial charge in [-0.05, 0) is 56.2 Å². The molecule has 0 saturated carbocycles. The summed E-state index contributed by atoms with van der Waals surface area (Å²) in [4.78, 5) is 14.5. The number of hydrogen-bond donors (Lipinski definition) is 0. The molecule has 166 valence electrons. The third kappa shape index (κ3) is 4.14. The molecule has 0 bridgehead atoms. The lowest BCUT2D eigenvalue weighted by molar-refractivity contribution is -0.140. The molecule has 1 saturated heterocycles. The second kappa shape index (κ2) is 8.66. The van der Waals surface area contributed by atoms with Crippen LogP contribution in [-0.4, -0.2) is 58.7 Å². The zero-order valence-electron chi connectivity index (χ0n) is 17.6. The molecule has 1 atom stereocenters. The summed E-state index contributed by atoms with van der Waals surface area (Å²) in [5.41, 5.74) is 0.537. The number of carbonyl (C=O) groups is 1. The molecule has 0 unspecified atom stereocenters. The minimum Gasteiger partial charge on any atom is -0.497 e. The Morgan fingerprint density at radius 2 is 1.84 bits per heavy atom. The quantitative estimate of drug-likeness (QED) is 0.678. The Bertz CT molecular complexity index is 1050. The Labute approximate surface area is 182 Å². The van der Waals surface area contributed by atoms with Gasteiger partial charge in [0, 0.05) is 25.7 Å². The van der Waals surface area contributed by atoms with Crippen LogP contribution in [0, 0.1) is 0 Å². The van der Waals surface area contributed by atoms with Crippen molar-refractivity contribution >= 4 is 21.6 Å². The first kappa shape index (κ1) is 21.3. The molecule has 8 nitrogen and oxygen atoms in total. The van der Waals surface area contributed by atoms with Crippen molar-refractivity contribution in [2.45, 2.75) is 30.8 Å². The van der Waals surface area contributed by atoms with Crippen LogP contribution in [0.5, 0.6) is 17.2 Å². The predicted octanol–water partition coefficient (Wildman–Crippen LogP) is 2.67. The number of hydrogen-bond acceptors (Lipinski definition) is 6. The first-order valence-corrected chi connectivity index (χ1v) is 11.8. The van der Waals surface area contributed by atoms with E-state index in [1.54, 1.807) is 49.3 Å². The summed E-state index contributed by atoms with van der Waals surface area (Å²) in [6.45, 7) is 3.56. The summed E-state index contributed by atoms with van der Waals surface area (Å²) < 4.78 is 44.6. The molecule has 2 aromatic rings. The number of fused-ring (bicyclic) bond motifs is 1. The average molecular weight is 447 g/mol. The lowest BCUT2D eigenvalue weighted by Gasteiger charge is -2.29. The third-order valence-electron chi connectivity index (χ3n) is 5.50. The van der Waals surface area contributed by atoms with Crippen molar-refractivity contribution in [2.75, 3.05) is 37.7 Å². The Balaban J connectivity index is 1.55. The van der Waals surface area contributed by atoms with Gasteiger partial charge >= 0.3 is 0 Å². The van der Waals surface area contributed by atoms with Gasteiger partial charge in [-0.15, -0.1) is 0 Å². The summed E-state index contributed by atoms with van der Waals surface area (Å²) in [5, 5.41) is 0. The molecule has 1 fully saturated rings. The monoisotopic (exact) mass is 446 g/mol. The van der Waals surface area contributed by atoms with Crippen LogP contribution >= 0.6 is 0 Å². The van der Waals surface area contributed by atoms with Gasteiger partial charge in [0.15, 0.2) is 11.5 Å². The summed E-state index contributed by atoms with van der Waals surface area (Å²) in [6, 6.07) is 11.3. The second-order valence-electron chi connectivity index (χ2n) is 7.43. The van der Waals surface area contributed by atoms with Crippen molar-refractivity contribution in [3.63, 3.8) is 0 Å². The highest BCUT2D eigenvalue weighted by molar-refractivity contribution is 7.92. The minimum atomic E-state index is -3.82. The van der Waals surface area contributed by atoms with Crippen LogP contribution in [0.2, 0.25) is 0 Å². The summed E-state index contributed by atoms with van der Waals surface area (Å²) in [5.74, 6) is 1.25. The molecule has 2 aromatic carbocycles. The largest absolute Gasteiger partial charge is 0.497 e. The highest BCUT2D eigenvalue weighted by Gasteiger charge is 2.33. The summed E-state index contributed by atoms with van der Waals surface area (Å²) in [6.07, 6.45) is 1.29. The Kier molecular flexibility index (Phi) is 5.95. The normalized spacial score (nSPS) is 18.0. The predicted molar refractivity (Wildman–Crippen MR) is 115 cm³/mol. The van der Waals surface area contributed by atoms with E-state index in [0.29, 0.717) is 22.9 Å². The van der Waals surface area contributed by atoms with E-state index < -0.39 is 16.1 Å². The van der Waals surface area contributed by atoms with Crippen molar-refractivity contribution in [3.8, 4) is 17.2 Å². The van der Waals surface area contributed by atoms with Crippen LogP contribution in [0.25, 0.3) is 0 Å². The van der Waals surface area contributed by atoms with Crippen molar-refractivity contribution in [3.05, 3.63) is 42.5 Å². The van der Waals surface area contributed by atoms with E-state index >= 15 is 0 Å². The lowest BCUT2D eigenvalue weighted by Crippen LogP contribution is -2.45. The van der Waals surface area contributed by atoms with Crippen LogP contribution in [0.4, 0.5) is 5.69 Å². The Morgan fingerprint density at radius 3 is 2.48 bits per heavy atom. The fraction of sp³-hybridized carbons (Fsp3) is 0.409. The number of methoxy groups -OCH3 is 1. The van der Waals surface area contributed by atoms with E-state index in [0.717, 1.165) is 25.9 Å². The average Bonchev–Trinajstić information content (AvgIpc) is 3.33. The van der Waals surface area contributed by atoms with Gasteiger partial charge in [-0.3, -0.25) is 9.10 Å². The fourth-order valence-electron chi connectivity index (χ4n) is 3.84. The molecule has 2 aliphatic heterocycles. The van der Waals surface area contributed by atoms with Crippen molar-refractivity contribution in [1.29, 1.82) is 0 Å². The van der Waals surface area contributed by atoms with Crippen LogP contribution in [0.15, 0.2) is 47.4 Å². The second-order valence-corrected chi connectivity index (χ2v) is 9.29. The van der Waals surface area contributed by atoms with Crippen LogP contribution in [-0.2, 0) is 14.8 Å². The van der Waals surface area contributed by atoms with Crippen LogP contribution < -0.4 is 18.5 Å². The number of sulfonamides is 1. The number of likely N-dealkylation sites (tertiary alicyclic amines) is 1. The summed E-state index contributed by atoms with van der Waals surface area (Å²) >= 11 is 0. The van der Waals surface area contributed by atoms with E-state index in [2.05, 4.69) is 0 Å². The maximum Gasteiger partial charge on any atom is 0.267 e. The number of carbonyl (C=O) groups excluding carboxylic acids is 1. The molecule has 9 heteroatoms.